The molecule has 14 heavy (non-hydrogen) atoms. The van der Waals surface area contributed by atoms with E-state index in [1.54, 1.807) is 12.5 Å². The number of anilines is 2. The zero-order chi connectivity index (χ0) is 9.71. The Balaban J connectivity index is 2.62. The Bertz CT molecular complexity index is 565. The first-order valence-corrected chi connectivity index (χ1v) is 4.29. The summed E-state index contributed by atoms with van der Waals surface area (Å²) < 4.78 is 5.36. The molecule has 0 fully saturated rings. The topological polar surface area (TPSA) is 81.0 Å². The number of H-pyrrole nitrogens is 1. The molecule has 4 nitrogen and oxygen atoms in total. The molecule has 2 heterocycles. The van der Waals surface area contributed by atoms with E-state index >= 15 is 0 Å². The summed E-state index contributed by atoms with van der Waals surface area (Å²) >= 11 is 0. The lowest BCUT2D eigenvalue weighted by Gasteiger charge is -1.93. The molecule has 3 aromatic rings. The van der Waals surface area contributed by atoms with Gasteiger partial charge in [0.15, 0.2) is 5.58 Å². The van der Waals surface area contributed by atoms with Gasteiger partial charge in [-0.05, 0) is 12.1 Å². The molecule has 0 amide bonds. The van der Waals surface area contributed by atoms with Gasteiger partial charge in [-0.2, -0.15) is 0 Å². The normalized spacial score (nSPS) is 11.4. The highest BCUT2D eigenvalue weighted by atomic mass is 16.3. The first-order chi connectivity index (χ1) is 6.77. The van der Waals surface area contributed by atoms with Gasteiger partial charge in [-0.25, -0.2) is 0 Å². The summed E-state index contributed by atoms with van der Waals surface area (Å²) in [7, 11) is 0. The monoisotopic (exact) mass is 187 g/mol. The molecule has 1 aromatic carbocycles. The summed E-state index contributed by atoms with van der Waals surface area (Å²) in [6.45, 7) is 0. The predicted molar refractivity (Wildman–Crippen MR) is 56.9 cm³/mol. The first-order valence-electron chi connectivity index (χ1n) is 4.29. The zero-order valence-corrected chi connectivity index (χ0v) is 7.37. The van der Waals surface area contributed by atoms with Crippen LogP contribution < -0.4 is 11.5 Å². The van der Waals surface area contributed by atoms with Crippen LogP contribution in [0.15, 0.2) is 29.0 Å². The van der Waals surface area contributed by atoms with Crippen molar-refractivity contribution in [2.75, 3.05) is 11.5 Å². The highest BCUT2D eigenvalue weighted by molar-refractivity contribution is 6.09. The predicted octanol–water partition coefficient (Wildman–Crippen LogP) is 2.08. The quantitative estimate of drug-likeness (QED) is 0.504. The molecule has 0 unspecified atom stereocenters. The van der Waals surface area contributed by atoms with Gasteiger partial charge in [0.1, 0.15) is 6.26 Å². The second-order valence-electron chi connectivity index (χ2n) is 3.30. The molecule has 0 atom stereocenters. The molecule has 0 bridgehead atoms. The minimum Gasteiger partial charge on any atom is -0.460 e. The van der Waals surface area contributed by atoms with Gasteiger partial charge >= 0.3 is 0 Å². The van der Waals surface area contributed by atoms with Crippen molar-refractivity contribution in [1.82, 2.24) is 4.98 Å². The van der Waals surface area contributed by atoms with Crippen LogP contribution in [0.25, 0.3) is 21.9 Å². The van der Waals surface area contributed by atoms with Gasteiger partial charge in [-0.1, -0.05) is 0 Å². The molecule has 0 aliphatic heterocycles. The first kappa shape index (κ1) is 7.32. The van der Waals surface area contributed by atoms with Crippen molar-refractivity contribution < 1.29 is 4.42 Å². The number of nitrogen functional groups attached to an aromatic ring is 2. The Morgan fingerprint density at radius 3 is 2.71 bits per heavy atom. The Morgan fingerprint density at radius 2 is 1.86 bits per heavy atom. The van der Waals surface area contributed by atoms with Gasteiger partial charge in [0.05, 0.1) is 16.9 Å². The van der Waals surface area contributed by atoms with Crippen molar-refractivity contribution in [1.29, 1.82) is 0 Å². The largest absolute Gasteiger partial charge is 0.460 e. The minimum atomic E-state index is 0.648. The van der Waals surface area contributed by atoms with Crippen molar-refractivity contribution in [2.24, 2.45) is 0 Å². The van der Waals surface area contributed by atoms with Gasteiger partial charge in [-0.3, -0.25) is 0 Å². The van der Waals surface area contributed by atoms with Crippen molar-refractivity contribution in [3.05, 3.63) is 24.6 Å². The maximum absolute atomic E-state index is 5.77. The number of nitrogens with two attached hydrogens (primary N) is 2. The van der Waals surface area contributed by atoms with Crippen molar-refractivity contribution >= 4 is 33.2 Å². The molecule has 5 N–H and O–H groups in total. The third-order valence-corrected chi connectivity index (χ3v) is 2.46. The van der Waals surface area contributed by atoms with Gasteiger partial charge in [0, 0.05) is 17.0 Å². The molecular formula is C10H9N3O. The molecule has 3 rings (SSSR count). The van der Waals surface area contributed by atoms with E-state index in [0.717, 1.165) is 27.6 Å². The molecular weight excluding hydrogens is 178 g/mol. The number of aromatic nitrogens is 1. The number of aromatic amines is 1. The van der Waals surface area contributed by atoms with Crippen LogP contribution in [0.5, 0.6) is 0 Å². The smallest absolute Gasteiger partial charge is 0.160 e. The molecule has 0 saturated carbocycles. The van der Waals surface area contributed by atoms with E-state index in [-0.39, 0.29) is 0 Å². The van der Waals surface area contributed by atoms with Gasteiger partial charge in [0.2, 0.25) is 0 Å². The maximum atomic E-state index is 5.77. The van der Waals surface area contributed by atoms with Crippen LogP contribution in [0.4, 0.5) is 11.4 Å². The molecule has 0 saturated heterocycles. The van der Waals surface area contributed by atoms with Crippen LogP contribution in [-0.4, -0.2) is 4.98 Å². The second-order valence-corrected chi connectivity index (χ2v) is 3.30. The number of hydrogen-bond donors (Lipinski definition) is 3. The molecule has 0 aliphatic rings. The summed E-state index contributed by atoms with van der Waals surface area (Å²) in [5.41, 5.74) is 14.5. The molecule has 0 radical (unpaired) electrons. The standard InChI is InChI=1S/C10H9N3O/c11-7-3-13-9-5(7)1-2-6-8(12)4-14-10(6)9/h1-4,13H,11-12H2. The maximum Gasteiger partial charge on any atom is 0.160 e. The van der Waals surface area contributed by atoms with E-state index in [9.17, 15) is 0 Å². The van der Waals surface area contributed by atoms with Crippen LogP contribution in [0.1, 0.15) is 0 Å². The van der Waals surface area contributed by atoms with Crippen LogP contribution in [0, 0.1) is 0 Å². The average Bonchev–Trinajstić information content (AvgIpc) is 2.72. The van der Waals surface area contributed by atoms with E-state index in [0.29, 0.717) is 5.69 Å². The number of furan rings is 1. The summed E-state index contributed by atoms with van der Waals surface area (Å²) in [6.07, 6.45) is 3.30. The lowest BCUT2D eigenvalue weighted by atomic mass is 10.2. The number of benzene rings is 1. The molecule has 2 aromatic heterocycles. The molecule has 0 spiro atoms. The fourth-order valence-electron chi connectivity index (χ4n) is 1.73. The van der Waals surface area contributed by atoms with E-state index in [1.165, 1.54) is 0 Å². The van der Waals surface area contributed by atoms with Crippen LogP contribution in [-0.2, 0) is 0 Å². The summed E-state index contributed by atoms with van der Waals surface area (Å²) in [4.78, 5) is 3.07. The van der Waals surface area contributed by atoms with E-state index in [2.05, 4.69) is 4.98 Å². The average molecular weight is 187 g/mol. The van der Waals surface area contributed by atoms with Gasteiger partial charge < -0.3 is 20.9 Å². The molecule has 70 valence electrons. The van der Waals surface area contributed by atoms with Crippen LogP contribution >= 0.6 is 0 Å². The third kappa shape index (κ3) is 0.724. The fourth-order valence-corrected chi connectivity index (χ4v) is 1.73. The van der Waals surface area contributed by atoms with E-state index in [4.69, 9.17) is 15.9 Å². The number of fused-ring (bicyclic) bond motifs is 3. The summed E-state index contributed by atoms with van der Waals surface area (Å²) in [5, 5.41) is 1.88. The van der Waals surface area contributed by atoms with Gasteiger partial charge in [0.25, 0.3) is 0 Å². The third-order valence-electron chi connectivity index (χ3n) is 2.46. The lowest BCUT2D eigenvalue weighted by Crippen LogP contribution is -1.81. The Labute approximate surface area is 79.5 Å². The molecule has 4 heteroatoms. The second kappa shape index (κ2) is 2.23. The Kier molecular flexibility index (Phi) is 1.16. The Hall–Kier alpha value is -2.10. The van der Waals surface area contributed by atoms with E-state index < -0.39 is 0 Å². The van der Waals surface area contributed by atoms with Crippen molar-refractivity contribution in [3.63, 3.8) is 0 Å². The van der Waals surface area contributed by atoms with Gasteiger partial charge in [-0.15, -0.1) is 0 Å². The zero-order valence-electron chi connectivity index (χ0n) is 7.37. The van der Waals surface area contributed by atoms with E-state index in [1.807, 2.05) is 12.1 Å². The van der Waals surface area contributed by atoms with Crippen molar-refractivity contribution in [3.8, 4) is 0 Å². The number of hydrogen-bond acceptors (Lipinski definition) is 3. The lowest BCUT2D eigenvalue weighted by molar-refractivity contribution is 0.620. The van der Waals surface area contributed by atoms with Crippen LogP contribution in [0.2, 0.25) is 0 Å². The van der Waals surface area contributed by atoms with Crippen molar-refractivity contribution in [2.45, 2.75) is 0 Å². The summed E-state index contributed by atoms with van der Waals surface area (Å²) in [6, 6.07) is 3.86. The Morgan fingerprint density at radius 1 is 1.07 bits per heavy atom. The number of nitrogens with one attached hydrogen (secondary N) is 1. The minimum absolute atomic E-state index is 0.648. The van der Waals surface area contributed by atoms with Crippen LogP contribution in [0.3, 0.4) is 0 Å². The highest BCUT2D eigenvalue weighted by Gasteiger charge is 2.09. The highest BCUT2D eigenvalue weighted by Crippen LogP contribution is 2.32. The number of rotatable bonds is 0. The summed E-state index contributed by atoms with van der Waals surface area (Å²) in [5.74, 6) is 0. The fraction of sp³-hybridized carbons (Fsp3) is 0. The molecule has 0 aliphatic carbocycles. The SMILES string of the molecule is Nc1c[nH]c2c1ccc1c(N)coc12.